The van der Waals surface area contributed by atoms with E-state index in [1.54, 1.807) is 0 Å². The number of H-pyrrole nitrogens is 1. The van der Waals surface area contributed by atoms with Crippen molar-refractivity contribution >= 4 is 28.5 Å². The van der Waals surface area contributed by atoms with Gasteiger partial charge in [0.15, 0.2) is 5.69 Å². The van der Waals surface area contributed by atoms with Crippen LogP contribution in [0.25, 0.3) is 11.3 Å². The molecule has 0 spiro atoms. The van der Waals surface area contributed by atoms with Gasteiger partial charge in [0.25, 0.3) is 5.91 Å². The predicted octanol–water partition coefficient (Wildman–Crippen LogP) is 2.19. The van der Waals surface area contributed by atoms with Crippen LogP contribution in [-0.4, -0.2) is 21.3 Å². The average Bonchev–Trinajstić information content (AvgIpc) is 2.76. The highest BCUT2D eigenvalue weighted by atomic mass is 127. The van der Waals surface area contributed by atoms with Crippen molar-refractivity contribution in [2.75, 3.05) is 0 Å². The van der Waals surface area contributed by atoms with Crippen molar-refractivity contribution < 1.29 is 18.0 Å². The molecule has 9 heteroatoms. The number of carbonyl (C=O) groups is 1. The third kappa shape index (κ3) is 2.69. The van der Waals surface area contributed by atoms with E-state index in [-0.39, 0.29) is 17.0 Å². The summed E-state index contributed by atoms with van der Waals surface area (Å²) in [6.45, 7) is 0. The molecule has 0 aliphatic rings. The zero-order valence-corrected chi connectivity index (χ0v) is 11.3. The number of aromatic nitrogens is 3. The largest absolute Gasteiger partial charge is 0.416 e. The number of carbonyl (C=O) groups excluding carboxylic acids is 1. The van der Waals surface area contributed by atoms with E-state index in [1.807, 2.05) is 22.6 Å². The molecule has 1 amide bonds. The van der Waals surface area contributed by atoms with Crippen LogP contribution in [0, 0.1) is 3.57 Å². The van der Waals surface area contributed by atoms with Gasteiger partial charge < -0.3 is 5.73 Å². The molecule has 0 radical (unpaired) electrons. The highest BCUT2D eigenvalue weighted by Crippen LogP contribution is 2.34. The highest BCUT2D eigenvalue weighted by molar-refractivity contribution is 14.1. The van der Waals surface area contributed by atoms with Gasteiger partial charge >= 0.3 is 6.18 Å². The molecule has 0 saturated carbocycles. The molecule has 1 aromatic heterocycles. The second-order valence-corrected chi connectivity index (χ2v) is 4.74. The van der Waals surface area contributed by atoms with E-state index in [0.717, 1.165) is 12.1 Å². The molecule has 2 aromatic rings. The molecule has 5 nitrogen and oxygen atoms in total. The van der Waals surface area contributed by atoms with Crippen LogP contribution in [0.3, 0.4) is 0 Å². The number of primary amides is 1. The van der Waals surface area contributed by atoms with Crippen LogP contribution in [-0.2, 0) is 6.18 Å². The maximum atomic E-state index is 12.7. The Hall–Kier alpha value is -1.65. The quantitative estimate of drug-likeness (QED) is 0.782. The van der Waals surface area contributed by atoms with Crippen LogP contribution in [0.5, 0.6) is 0 Å². The van der Waals surface area contributed by atoms with E-state index < -0.39 is 17.6 Å². The molecule has 100 valence electrons. The number of hydrogen-bond acceptors (Lipinski definition) is 3. The first-order valence-corrected chi connectivity index (χ1v) is 5.96. The first-order chi connectivity index (χ1) is 8.80. The lowest BCUT2D eigenvalue weighted by Gasteiger charge is -2.09. The number of nitrogens with zero attached hydrogens (tertiary/aromatic N) is 2. The minimum Gasteiger partial charge on any atom is -0.364 e. The number of rotatable bonds is 2. The standard InChI is InChI=1S/C10H6F3IN4O/c11-10(12,13)4-1-2-6(14)5(3-4)7-8(9(15)19)17-18-16-7/h1-3H,(H2,15,19)(H,16,17,18). The molecular formula is C10H6F3IN4O. The molecular weight excluding hydrogens is 376 g/mol. The Labute approximate surface area is 118 Å². The van der Waals surface area contributed by atoms with Gasteiger partial charge in [-0.2, -0.15) is 28.6 Å². The van der Waals surface area contributed by atoms with Crippen molar-refractivity contribution in [3.8, 4) is 11.3 Å². The summed E-state index contributed by atoms with van der Waals surface area (Å²) in [7, 11) is 0. The fourth-order valence-electron chi connectivity index (χ4n) is 1.47. The van der Waals surface area contributed by atoms with Crippen LogP contribution < -0.4 is 5.73 Å². The third-order valence-electron chi connectivity index (χ3n) is 2.33. The number of halogens is 4. The Bertz CT molecular complexity index is 638. The van der Waals surface area contributed by atoms with Crippen LogP contribution in [0.2, 0.25) is 0 Å². The van der Waals surface area contributed by atoms with Crippen molar-refractivity contribution in [2.45, 2.75) is 6.18 Å². The van der Waals surface area contributed by atoms with Crippen LogP contribution in [0.4, 0.5) is 13.2 Å². The average molecular weight is 382 g/mol. The van der Waals surface area contributed by atoms with E-state index in [0.29, 0.717) is 3.57 Å². The molecule has 19 heavy (non-hydrogen) atoms. The molecule has 0 aliphatic carbocycles. The zero-order chi connectivity index (χ0) is 14.2. The van der Waals surface area contributed by atoms with Gasteiger partial charge in [0.2, 0.25) is 0 Å². The number of aromatic amines is 1. The molecule has 0 saturated heterocycles. The molecule has 0 bridgehead atoms. The summed E-state index contributed by atoms with van der Waals surface area (Å²) in [5, 5.41) is 9.39. The number of alkyl halides is 3. The van der Waals surface area contributed by atoms with E-state index >= 15 is 0 Å². The highest BCUT2D eigenvalue weighted by Gasteiger charge is 2.31. The minimum atomic E-state index is -4.48. The monoisotopic (exact) mass is 382 g/mol. The minimum absolute atomic E-state index is 0.00278. The molecule has 0 aliphatic heterocycles. The maximum absolute atomic E-state index is 12.7. The van der Waals surface area contributed by atoms with Gasteiger partial charge in [0.05, 0.1) is 5.56 Å². The van der Waals surface area contributed by atoms with Crippen molar-refractivity contribution in [3.05, 3.63) is 33.0 Å². The second-order valence-electron chi connectivity index (χ2n) is 3.58. The van der Waals surface area contributed by atoms with Crippen LogP contribution in [0.1, 0.15) is 16.1 Å². The third-order valence-corrected chi connectivity index (χ3v) is 3.27. The molecule has 0 unspecified atom stereocenters. The lowest BCUT2D eigenvalue weighted by Crippen LogP contribution is -2.13. The second kappa shape index (κ2) is 4.79. The van der Waals surface area contributed by atoms with Gasteiger partial charge in [-0.1, -0.05) is 0 Å². The Morgan fingerprint density at radius 3 is 2.58 bits per heavy atom. The molecule has 3 N–H and O–H groups in total. The van der Waals surface area contributed by atoms with E-state index in [2.05, 4.69) is 15.4 Å². The normalized spacial score (nSPS) is 11.6. The summed E-state index contributed by atoms with van der Waals surface area (Å²) in [5.41, 5.74) is 4.21. The lowest BCUT2D eigenvalue weighted by atomic mass is 10.1. The first kappa shape index (κ1) is 13.8. The summed E-state index contributed by atoms with van der Waals surface area (Å²) < 4.78 is 38.5. The summed E-state index contributed by atoms with van der Waals surface area (Å²) in [6, 6.07) is 3.15. The summed E-state index contributed by atoms with van der Waals surface area (Å²) in [4.78, 5) is 11.1. The van der Waals surface area contributed by atoms with Gasteiger partial charge in [-0.3, -0.25) is 4.79 Å². The van der Waals surface area contributed by atoms with E-state index in [4.69, 9.17) is 5.73 Å². The molecule has 1 aromatic carbocycles. The smallest absolute Gasteiger partial charge is 0.364 e. The number of nitrogens with two attached hydrogens (primary N) is 1. The topological polar surface area (TPSA) is 84.7 Å². The Morgan fingerprint density at radius 1 is 1.32 bits per heavy atom. The number of benzene rings is 1. The fourth-order valence-corrected chi connectivity index (χ4v) is 2.06. The van der Waals surface area contributed by atoms with E-state index in [9.17, 15) is 18.0 Å². The summed E-state index contributed by atoms with van der Waals surface area (Å²) >= 11 is 1.85. The molecule has 2 rings (SSSR count). The maximum Gasteiger partial charge on any atom is 0.416 e. The first-order valence-electron chi connectivity index (χ1n) is 4.88. The van der Waals surface area contributed by atoms with Crippen LogP contribution >= 0.6 is 22.6 Å². The Kier molecular flexibility index (Phi) is 3.47. The predicted molar refractivity (Wildman–Crippen MR) is 68.1 cm³/mol. The van der Waals surface area contributed by atoms with Crippen molar-refractivity contribution in [3.63, 3.8) is 0 Å². The number of hydrogen-bond donors (Lipinski definition) is 2. The van der Waals surface area contributed by atoms with Gasteiger partial charge in [0.1, 0.15) is 5.69 Å². The van der Waals surface area contributed by atoms with E-state index in [1.165, 1.54) is 6.07 Å². The van der Waals surface area contributed by atoms with Gasteiger partial charge in [0, 0.05) is 9.13 Å². The molecule has 0 atom stereocenters. The van der Waals surface area contributed by atoms with Crippen molar-refractivity contribution in [1.29, 1.82) is 0 Å². The number of nitrogens with one attached hydrogen (secondary N) is 1. The van der Waals surface area contributed by atoms with Gasteiger partial charge in [-0.15, -0.1) is 0 Å². The summed E-state index contributed by atoms with van der Waals surface area (Å²) in [6.07, 6.45) is -4.48. The Morgan fingerprint density at radius 2 is 2.00 bits per heavy atom. The van der Waals surface area contributed by atoms with Crippen molar-refractivity contribution in [1.82, 2.24) is 15.4 Å². The lowest BCUT2D eigenvalue weighted by molar-refractivity contribution is -0.137. The van der Waals surface area contributed by atoms with Gasteiger partial charge in [-0.25, -0.2) is 0 Å². The Balaban J connectivity index is 2.62. The fraction of sp³-hybridized carbons (Fsp3) is 0.100. The van der Waals surface area contributed by atoms with Crippen LogP contribution in [0.15, 0.2) is 18.2 Å². The van der Waals surface area contributed by atoms with Crippen molar-refractivity contribution in [2.24, 2.45) is 5.73 Å². The zero-order valence-electron chi connectivity index (χ0n) is 9.12. The summed E-state index contributed by atoms with van der Waals surface area (Å²) in [5.74, 6) is -0.864. The number of amides is 1. The van der Waals surface area contributed by atoms with Gasteiger partial charge in [-0.05, 0) is 40.8 Å². The molecule has 1 heterocycles. The SMILES string of the molecule is NC(=O)c1n[nH]nc1-c1cc(C(F)(F)F)ccc1I. The molecule has 0 fully saturated rings.